The molecule has 0 N–H and O–H groups in total. The lowest BCUT2D eigenvalue weighted by Gasteiger charge is -2.07. The maximum absolute atomic E-state index is 4.12. The lowest BCUT2D eigenvalue weighted by molar-refractivity contribution is 0.581. The van der Waals surface area contributed by atoms with Crippen LogP contribution in [-0.4, -0.2) is 30.0 Å². The first-order valence-electron chi connectivity index (χ1n) is 6.07. The van der Waals surface area contributed by atoms with E-state index in [0.29, 0.717) is 13.1 Å². The van der Waals surface area contributed by atoms with Crippen molar-refractivity contribution in [2.75, 3.05) is 0 Å². The van der Waals surface area contributed by atoms with Gasteiger partial charge in [-0.3, -0.25) is 0 Å². The Balaban J connectivity index is 1.83. The molecular formula is C13H14N6. The third kappa shape index (κ3) is 2.85. The molecule has 6 nitrogen and oxygen atoms in total. The van der Waals surface area contributed by atoms with Gasteiger partial charge in [-0.05, 0) is 18.1 Å². The van der Waals surface area contributed by atoms with Crippen LogP contribution in [0, 0.1) is 6.92 Å². The molecule has 0 amide bonds. The molecule has 0 bridgehead atoms. The Kier molecular flexibility index (Phi) is 3.06. The van der Waals surface area contributed by atoms with Gasteiger partial charge in [0.1, 0.15) is 0 Å². The number of hydrogen-bond donors (Lipinski definition) is 0. The summed E-state index contributed by atoms with van der Waals surface area (Å²) in [6.45, 7) is 3.43. The number of aryl methyl sites for hydroxylation is 1. The lowest BCUT2D eigenvalue weighted by Crippen LogP contribution is -2.07. The highest BCUT2D eigenvalue weighted by atomic mass is 15.5. The molecule has 0 spiro atoms. The highest BCUT2D eigenvalue weighted by Crippen LogP contribution is 2.11. The zero-order chi connectivity index (χ0) is 13.1. The quantitative estimate of drug-likeness (QED) is 0.703. The van der Waals surface area contributed by atoms with Crippen molar-refractivity contribution in [1.82, 2.24) is 30.0 Å². The maximum atomic E-state index is 4.12. The number of rotatable bonds is 4. The summed E-state index contributed by atoms with van der Waals surface area (Å²) in [6.07, 6.45) is 6.74. The van der Waals surface area contributed by atoms with Crippen molar-refractivity contribution >= 4 is 0 Å². The number of nitrogens with zero attached hydrogens (tertiary/aromatic N) is 6. The number of hydrogen-bond acceptors (Lipinski definition) is 4. The summed E-state index contributed by atoms with van der Waals surface area (Å²) in [6, 6.07) is 6.42. The van der Waals surface area contributed by atoms with Crippen LogP contribution in [0.5, 0.6) is 0 Å². The van der Waals surface area contributed by atoms with Gasteiger partial charge >= 0.3 is 0 Å². The molecule has 0 unspecified atom stereocenters. The number of aromatic nitrogens is 6. The molecule has 0 fully saturated rings. The molecule has 0 atom stereocenters. The second-order valence-electron chi connectivity index (χ2n) is 4.45. The second kappa shape index (κ2) is 5.01. The molecule has 0 aliphatic heterocycles. The minimum atomic E-state index is 0.675. The van der Waals surface area contributed by atoms with E-state index >= 15 is 0 Å². The molecule has 3 aromatic rings. The van der Waals surface area contributed by atoms with E-state index in [0.717, 1.165) is 0 Å². The molecule has 96 valence electrons. The Labute approximate surface area is 110 Å². The molecule has 0 aliphatic carbocycles. The first kappa shape index (κ1) is 11.6. The first-order valence-corrected chi connectivity index (χ1v) is 6.07. The van der Waals surface area contributed by atoms with E-state index in [1.165, 1.54) is 16.7 Å². The van der Waals surface area contributed by atoms with Gasteiger partial charge in [-0.25, -0.2) is 0 Å². The zero-order valence-electron chi connectivity index (χ0n) is 10.6. The fraction of sp³-hybridized carbons (Fsp3) is 0.231. The summed E-state index contributed by atoms with van der Waals surface area (Å²) in [5.74, 6) is 0. The van der Waals surface area contributed by atoms with Crippen molar-refractivity contribution < 1.29 is 0 Å². The van der Waals surface area contributed by atoms with Crippen LogP contribution in [0.25, 0.3) is 0 Å². The van der Waals surface area contributed by atoms with E-state index in [9.17, 15) is 0 Å². The summed E-state index contributed by atoms with van der Waals surface area (Å²) < 4.78 is 0. The van der Waals surface area contributed by atoms with Crippen molar-refractivity contribution in [3.63, 3.8) is 0 Å². The Hall–Kier alpha value is -2.50. The minimum Gasteiger partial charge on any atom is -0.180 e. The Morgan fingerprint density at radius 3 is 1.58 bits per heavy atom. The average molecular weight is 254 g/mol. The minimum absolute atomic E-state index is 0.675. The molecule has 3 rings (SSSR count). The van der Waals surface area contributed by atoms with E-state index in [2.05, 4.69) is 45.5 Å². The van der Waals surface area contributed by atoms with Crippen LogP contribution in [0.3, 0.4) is 0 Å². The summed E-state index contributed by atoms with van der Waals surface area (Å²) in [4.78, 5) is 3.34. The van der Waals surface area contributed by atoms with Crippen molar-refractivity contribution in [3.05, 3.63) is 59.7 Å². The molecule has 0 aliphatic rings. The molecule has 2 aromatic heterocycles. The van der Waals surface area contributed by atoms with Crippen molar-refractivity contribution in [2.45, 2.75) is 20.0 Å². The summed E-state index contributed by atoms with van der Waals surface area (Å²) in [5.41, 5.74) is 3.57. The van der Waals surface area contributed by atoms with E-state index < -0.39 is 0 Å². The Bertz CT molecular complexity index is 587. The van der Waals surface area contributed by atoms with Gasteiger partial charge in [0.2, 0.25) is 0 Å². The molecule has 0 radical (unpaired) electrons. The van der Waals surface area contributed by atoms with Gasteiger partial charge in [0, 0.05) is 0 Å². The summed E-state index contributed by atoms with van der Waals surface area (Å²) in [7, 11) is 0. The summed E-state index contributed by atoms with van der Waals surface area (Å²) in [5, 5.41) is 16.5. The van der Waals surface area contributed by atoms with Crippen LogP contribution < -0.4 is 0 Å². The SMILES string of the molecule is Cc1cc(Cn2nccn2)cc(Cn2nccn2)c1. The van der Waals surface area contributed by atoms with Gasteiger partial charge in [0.25, 0.3) is 0 Å². The molecule has 2 heterocycles. The van der Waals surface area contributed by atoms with Gasteiger partial charge in [-0.15, -0.1) is 0 Å². The maximum Gasteiger partial charge on any atom is 0.0857 e. The third-order valence-corrected chi connectivity index (χ3v) is 2.78. The van der Waals surface area contributed by atoms with Crippen molar-refractivity contribution in [2.24, 2.45) is 0 Å². The fourth-order valence-electron chi connectivity index (χ4n) is 2.11. The van der Waals surface area contributed by atoms with Crippen LogP contribution in [0.4, 0.5) is 0 Å². The van der Waals surface area contributed by atoms with E-state index in [1.807, 2.05) is 0 Å². The molecular weight excluding hydrogens is 240 g/mol. The second-order valence-corrected chi connectivity index (χ2v) is 4.45. The van der Waals surface area contributed by atoms with Crippen LogP contribution >= 0.6 is 0 Å². The largest absolute Gasteiger partial charge is 0.180 e. The van der Waals surface area contributed by atoms with Gasteiger partial charge in [-0.2, -0.15) is 30.0 Å². The third-order valence-electron chi connectivity index (χ3n) is 2.78. The molecule has 6 heteroatoms. The Morgan fingerprint density at radius 1 is 0.737 bits per heavy atom. The normalized spacial score (nSPS) is 10.8. The Morgan fingerprint density at radius 2 is 1.16 bits per heavy atom. The predicted octanol–water partition coefficient (Wildman–Crippen LogP) is 1.27. The lowest BCUT2D eigenvalue weighted by atomic mass is 10.1. The summed E-state index contributed by atoms with van der Waals surface area (Å²) >= 11 is 0. The predicted molar refractivity (Wildman–Crippen MR) is 69.4 cm³/mol. The van der Waals surface area contributed by atoms with Gasteiger partial charge in [0.05, 0.1) is 37.9 Å². The van der Waals surface area contributed by atoms with Crippen molar-refractivity contribution in [3.8, 4) is 0 Å². The van der Waals surface area contributed by atoms with Gasteiger partial charge in [-0.1, -0.05) is 23.8 Å². The monoisotopic (exact) mass is 254 g/mol. The highest BCUT2D eigenvalue weighted by Gasteiger charge is 2.02. The van der Waals surface area contributed by atoms with E-state index in [1.54, 1.807) is 34.4 Å². The van der Waals surface area contributed by atoms with Crippen LogP contribution in [-0.2, 0) is 13.1 Å². The zero-order valence-corrected chi connectivity index (χ0v) is 10.6. The van der Waals surface area contributed by atoms with E-state index in [4.69, 9.17) is 0 Å². The van der Waals surface area contributed by atoms with Crippen LogP contribution in [0.2, 0.25) is 0 Å². The smallest absolute Gasteiger partial charge is 0.0857 e. The molecule has 0 saturated carbocycles. The van der Waals surface area contributed by atoms with Crippen molar-refractivity contribution in [1.29, 1.82) is 0 Å². The number of benzene rings is 1. The van der Waals surface area contributed by atoms with Gasteiger partial charge < -0.3 is 0 Å². The van der Waals surface area contributed by atoms with Crippen LogP contribution in [0.15, 0.2) is 43.0 Å². The molecule has 0 saturated heterocycles. The van der Waals surface area contributed by atoms with E-state index in [-0.39, 0.29) is 0 Å². The van der Waals surface area contributed by atoms with Crippen LogP contribution in [0.1, 0.15) is 16.7 Å². The topological polar surface area (TPSA) is 61.4 Å². The molecule has 1 aromatic carbocycles. The van der Waals surface area contributed by atoms with Gasteiger partial charge in [0.15, 0.2) is 0 Å². The first-order chi connectivity index (χ1) is 9.29. The standard InChI is InChI=1S/C13H14N6/c1-11-6-12(9-18-14-2-3-15-18)8-13(7-11)10-19-16-4-5-17-19/h2-8H,9-10H2,1H3. The fourth-order valence-corrected chi connectivity index (χ4v) is 2.11. The molecule has 19 heavy (non-hydrogen) atoms. The highest BCUT2D eigenvalue weighted by molar-refractivity contribution is 5.29. The average Bonchev–Trinajstić information content (AvgIpc) is 3.01.